The molecule has 18 heteroatoms. The van der Waals surface area contributed by atoms with Gasteiger partial charge in [0.1, 0.15) is 48.7 Å². The number of thiol groups is 1. The Morgan fingerprint density at radius 3 is 2.07 bits per heavy atom. The maximum absolute atomic E-state index is 13.1. The number of carbonyl (C=O) groups is 4. The number of ether oxygens (including phenoxy) is 6. The molecular weight excluding hydrogens is 586 g/mol. The molecule has 0 bridgehead atoms. The average molecular weight is 628 g/mol. The molecule has 3 amide bonds. The molecule has 7 unspecified atom stereocenters. The van der Waals surface area contributed by atoms with Gasteiger partial charge in [0.05, 0.1) is 6.61 Å². The topological polar surface area (TPSA) is 241 Å². The number of esters is 1. The summed E-state index contributed by atoms with van der Waals surface area (Å²) in [5.74, 6) is -2.93. The number of nitrogens with one attached hydrogen (secondary N) is 3. The predicted molar refractivity (Wildman–Crippen MR) is 142 cm³/mol. The zero-order valence-electron chi connectivity index (χ0n) is 24.1. The molecule has 2 saturated heterocycles. The SMILES string of the molecule is COC1OC(C(=O)OCNC(=O)[C@H](NC(C)=O)C(C)(C)S)[C@@H](O[C@@H]2OC(CO)C(O)[C@H](OC)C2NC(C)=O)C(O)C1O. The summed E-state index contributed by atoms with van der Waals surface area (Å²) in [5.41, 5.74) is 0. The lowest BCUT2D eigenvalue weighted by atomic mass is 9.95. The Hall–Kier alpha value is -2.13. The molecule has 0 saturated carbocycles. The van der Waals surface area contributed by atoms with Crippen LogP contribution in [0.25, 0.3) is 0 Å². The smallest absolute Gasteiger partial charge is 0.339 e. The van der Waals surface area contributed by atoms with Gasteiger partial charge in [0, 0.05) is 32.8 Å². The van der Waals surface area contributed by atoms with Gasteiger partial charge in [-0.3, -0.25) is 14.4 Å². The van der Waals surface area contributed by atoms with E-state index in [1.807, 2.05) is 0 Å². The third-order valence-electron chi connectivity index (χ3n) is 6.57. The molecule has 0 aromatic carbocycles. The van der Waals surface area contributed by atoms with Crippen molar-refractivity contribution in [3.63, 3.8) is 0 Å². The Balaban J connectivity index is 2.27. The van der Waals surface area contributed by atoms with E-state index in [0.717, 1.165) is 7.11 Å². The predicted octanol–water partition coefficient (Wildman–Crippen LogP) is -4.11. The van der Waals surface area contributed by atoms with Crippen molar-refractivity contribution in [2.45, 2.75) is 99.8 Å². The maximum Gasteiger partial charge on any atom is 0.339 e. The van der Waals surface area contributed by atoms with Gasteiger partial charge >= 0.3 is 5.97 Å². The van der Waals surface area contributed by atoms with Crippen molar-refractivity contribution in [3.05, 3.63) is 0 Å². The minimum Gasteiger partial charge on any atom is -0.442 e. The van der Waals surface area contributed by atoms with Crippen molar-refractivity contribution in [1.82, 2.24) is 16.0 Å². The molecule has 2 fully saturated rings. The summed E-state index contributed by atoms with van der Waals surface area (Å²) in [6, 6.07) is -2.30. The number of aliphatic hydroxyl groups is 4. The van der Waals surface area contributed by atoms with Crippen LogP contribution in [0.3, 0.4) is 0 Å². The van der Waals surface area contributed by atoms with Gasteiger partial charge in [-0.15, -0.1) is 0 Å². The summed E-state index contributed by atoms with van der Waals surface area (Å²) < 4.78 is 31.4. The van der Waals surface area contributed by atoms with Crippen LogP contribution in [0.5, 0.6) is 0 Å². The number of carbonyl (C=O) groups excluding carboxylic acids is 4. The molecule has 0 aromatic heterocycles. The molecule has 11 atom stereocenters. The molecule has 242 valence electrons. The van der Waals surface area contributed by atoms with E-state index in [4.69, 9.17) is 28.4 Å². The van der Waals surface area contributed by atoms with Gasteiger partial charge in [0.2, 0.25) is 17.7 Å². The lowest BCUT2D eigenvalue weighted by Crippen LogP contribution is -2.68. The Labute approximate surface area is 247 Å². The van der Waals surface area contributed by atoms with Crippen LogP contribution in [0.1, 0.15) is 27.7 Å². The van der Waals surface area contributed by atoms with Gasteiger partial charge in [0.25, 0.3) is 0 Å². The van der Waals surface area contributed by atoms with Crippen molar-refractivity contribution in [2.75, 3.05) is 27.6 Å². The van der Waals surface area contributed by atoms with Crippen LogP contribution >= 0.6 is 12.6 Å². The number of hydrogen-bond donors (Lipinski definition) is 8. The van der Waals surface area contributed by atoms with Crippen LogP contribution in [0.4, 0.5) is 0 Å². The molecule has 0 aliphatic carbocycles. The standard InChI is InChI=1S/C24H41N3O14S/c1-9(29)26-12-16(36-5)13(31)11(7-28)39-22(12)40-17-14(32)15(33)23(37-6)41-18(17)21(35)38-8-25-20(34)19(24(3,4)42)27-10(2)30/h11-19,22-23,28,31-33,42H,7-8H2,1-6H3,(H,25,34)(H,26,29)(H,27,30)/t11?,12?,13?,14?,15?,16-,17+,18?,19+,22+,23?/m1/s1. The summed E-state index contributed by atoms with van der Waals surface area (Å²) in [6.45, 7) is 4.21. The number of aliphatic hydroxyl groups excluding tert-OH is 4. The number of hydrogen-bond acceptors (Lipinski definition) is 15. The fraction of sp³-hybridized carbons (Fsp3) is 0.833. The van der Waals surface area contributed by atoms with Crippen LogP contribution in [0.2, 0.25) is 0 Å². The van der Waals surface area contributed by atoms with E-state index in [2.05, 4.69) is 28.6 Å². The Morgan fingerprint density at radius 2 is 1.57 bits per heavy atom. The minimum absolute atomic E-state index is 0.489. The number of rotatable bonds is 12. The second-order valence-corrected chi connectivity index (χ2v) is 11.5. The van der Waals surface area contributed by atoms with Gasteiger partial charge in [-0.25, -0.2) is 4.79 Å². The third-order valence-corrected chi connectivity index (χ3v) is 6.83. The molecule has 0 radical (unpaired) electrons. The van der Waals surface area contributed by atoms with E-state index in [0.29, 0.717) is 0 Å². The van der Waals surface area contributed by atoms with Crippen molar-refractivity contribution in [1.29, 1.82) is 0 Å². The van der Waals surface area contributed by atoms with Crippen molar-refractivity contribution in [3.8, 4) is 0 Å². The summed E-state index contributed by atoms with van der Waals surface area (Å²) >= 11 is 4.32. The Morgan fingerprint density at radius 1 is 0.929 bits per heavy atom. The molecule has 42 heavy (non-hydrogen) atoms. The first kappa shape index (κ1) is 36.1. The van der Waals surface area contributed by atoms with E-state index in [9.17, 15) is 39.6 Å². The first-order chi connectivity index (χ1) is 19.6. The molecular formula is C24H41N3O14S. The van der Waals surface area contributed by atoms with Crippen molar-refractivity contribution >= 4 is 36.3 Å². The van der Waals surface area contributed by atoms with E-state index < -0.39 is 109 Å². The van der Waals surface area contributed by atoms with Crippen molar-refractivity contribution < 1.29 is 68.0 Å². The fourth-order valence-electron chi connectivity index (χ4n) is 4.51. The van der Waals surface area contributed by atoms with Crippen LogP contribution in [-0.2, 0) is 47.6 Å². The van der Waals surface area contributed by atoms with Crippen molar-refractivity contribution in [2.24, 2.45) is 0 Å². The second-order valence-electron chi connectivity index (χ2n) is 10.3. The summed E-state index contributed by atoms with van der Waals surface area (Å²) in [6.07, 6.45) is -13.9. The number of amides is 3. The van der Waals surface area contributed by atoms with Crippen LogP contribution in [0, 0.1) is 0 Å². The highest BCUT2D eigenvalue weighted by Gasteiger charge is 2.54. The molecule has 0 aromatic rings. The van der Waals surface area contributed by atoms with Crippen LogP contribution < -0.4 is 16.0 Å². The maximum atomic E-state index is 13.1. The molecule has 7 N–H and O–H groups in total. The molecule has 2 aliphatic heterocycles. The first-order valence-corrected chi connectivity index (χ1v) is 13.4. The van der Waals surface area contributed by atoms with Gasteiger partial charge in [-0.05, 0) is 13.8 Å². The lowest BCUT2D eigenvalue weighted by molar-refractivity contribution is -0.339. The minimum atomic E-state index is -1.84. The Bertz CT molecular complexity index is 952. The normalized spacial score (nSPS) is 34.2. The molecule has 2 heterocycles. The quantitative estimate of drug-likeness (QED) is 0.0583. The zero-order chi connectivity index (χ0) is 31.9. The fourth-order valence-corrected chi connectivity index (χ4v) is 4.69. The summed E-state index contributed by atoms with van der Waals surface area (Å²) in [5, 5.41) is 48.9. The largest absolute Gasteiger partial charge is 0.442 e. The van der Waals surface area contributed by atoms with Gasteiger partial charge < -0.3 is 64.8 Å². The zero-order valence-corrected chi connectivity index (χ0v) is 25.0. The van der Waals surface area contributed by atoms with E-state index in [1.165, 1.54) is 21.0 Å². The summed E-state index contributed by atoms with van der Waals surface area (Å²) in [4.78, 5) is 49.2. The van der Waals surface area contributed by atoms with Crippen LogP contribution in [-0.4, -0.2) is 144 Å². The lowest BCUT2D eigenvalue weighted by Gasteiger charge is -2.47. The molecule has 2 rings (SSSR count). The number of methoxy groups -OCH3 is 2. The molecule has 17 nitrogen and oxygen atoms in total. The third kappa shape index (κ3) is 8.94. The molecule has 0 spiro atoms. The monoisotopic (exact) mass is 627 g/mol. The van der Waals surface area contributed by atoms with E-state index >= 15 is 0 Å². The average Bonchev–Trinajstić information content (AvgIpc) is 2.90. The van der Waals surface area contributed by atoms with E-state index in [-0.39, 0.29) is 0 Å². The Kier molecular flexibility index (Phi) is 13.4. The molecule has 2 aliphatic rings. The van der Waals surface area contributed by atoms with Gasteiger partial charge in [-0.1, -0.05) is 0 Å². The first-order valence-electron chi connectivity index (χ1n) is 12.9. The van der Waals surface area contributed by atoms with Crippen LogP contribution in [0.15, 0.2) is 0 Å². The van der Waals surface area contributed by atoms with Gasteiger partial charge in [0.15, 0.2) is 25.4 Å². The highest BCUT2D eigenvalue weighted by molar-refractivity contribution is 7.81. The van der Waals surface area contributed by atoms with Gasteiger partial charge in [-0.2, -0.15) is 12.6 Å². The highest BCUT2D eigenvalue weighted by Crippen LogP contribution is 2.31. The van der Waals surface area contributed by atoms with E-state index in [1.54, 1.807) is 13.8 Å². The second kappa shape index (κ2) is 15.6. The summed E-state index contributed by atoms with van der Waals surface area (Å²) in [7, 11) is 2.39. The highest BCUT2D eigenvalue weighted by atomic mass is 32.1.